The summed E-state index contributed by atoms with van der Waals surface area (Å²) in [6.45, 7) is 7.54. The largest absolute Gasteiger partial charge is 0.384 e. The van der Waals surface area contributed by atoms with Crippen molar-refractivity contribution in [3.63, 3.8) is 0 Å². The Bertz CT molecular complexity index is 453. The van der Waals surface area contributed by atoms with Crippen LogP contribution >= 0.6 is 15.9 Å². The average Bonchev–Trinajstić information content (AvgIpc) is 2.39. The van der Waals surface area contributed by atoms with Crippen LogP contribution in [0.4, 0.5) is 5.69 Å². The van der Waals surface area contributed by atoms with Gasteiger partial charge in [0.1, 0.15) is 5.84 Å². The maximum absolute atomic E-state index is 7.70. The molecule has 4 nitrogen and oxygen atoms in total. The van der Waals surface area contributed by atoms with Crippen molar-refractivity contribution in [2.75, 3.05) is 37.6 Å². The van der Waals surface area contributed by atoms with Crippen LogP contribution in [0.1, 0.15) is 18.9 Å². The predicted molar refractivity (Wildman–Crippen MR) is 84.1 cm³/mol. The highest BCUT2D eigenvalue weighted by Crippen LogP contribution is 2.26. The SMILES string of the molecule is CCCN1CCN(c2cc(Br)ccc2C(=N)N)CC1. The Hall–Kier alpha value is -1.07. The number of rotatable bonds is 4. The Morgan fingerprint density at radius 3 is 2.58 bits per heavy atom. The van der Waals surface area contributed by atoms with Crippen LogP contribution in [0.15, 0.2) is 22.7 Å². The van der Waals surface area contributed by atoms with Crippen LogP contribution in [-0.4, -0.2) is 43.5 Å². The normalized spacial score (nSPS) is 16.6. The maximum atomic E-state index is 7.70. The molecule has 1 aliphatic heterocycles. The minimum Gasteiger partial charge on any atom is -0.384 e. The van der Waals surface area contributed by atoms with Crippen LogP contribution in [0.2, 0.25) is 0 Å². The van der Waals surface area contributed by atoms with Crippen LogP contribution in [0.3, 0.4) is 0 Å². The van der Waals surface area contributed by atoms with Gasteiger partial charge in [0, 0.05) is 41.9 Å². The second-order valence-corrected chi connectivity index (χ2v) is 5.82. The summed E-state index contributed by atoms with van der Waals surface area (Å²) in [5.41, 5.74) is 7.57. The third-order valence-electron chi connectivity index (χ3n) is 3.50. The zero-order valence-corrected chi connectivity index (χ0v) is 12.9. The van der Waals surface area contributed by atoms with E-state index in [4.69, 9.17) is 11.1 Å². The van der Waals surface area contributed by atoms with E-state index in [1.807, 2.05) is 12.1 Å². The Kier molecular flexibility index (Phi) is 4.82. The molecule has 0 aromatic heterocycles. The van der Waals surface area contributed by atoms with Crippen LogP contribution < -0.4 is 10.6 Å². The van der Waals surface area contributed by atoms with Crippen molar-refractivity contribution in [3.05, 3.63) is 28.2 Å². The molecule has 0 atom stereocenters. The Balaban J connectivity index is 2.14. The second kappa shape index (κ2) is 6.39. The number of hydrogen-bond donors (Lipinski definition) is 2. The monoisotopic (exact) mass is 324 g/mol. The molecule has 1 fully saturated rings. The smallest absolute Gasteiger partial charge is 0.124 e. The van der Waals surface area contributed by atoms with Crippen molar-refractivity contribution in [3.8, 4) is 0 Å². The van der Waals surface area contributed by atoms with Gasteiger partial charge in [0.2, 0.25) is 0 Å². The summed E-state index contributed by atoms with van der Waals surface area (Å²) in [7, 11) is 0. The van der Waals surface area contributed by atoms with Gasteiger partial charge in [-0.2, -0.15) is 0 Å². The van der Waals surface area contributed by atoms with Crippen molar-refractivity contribution >= 4 is 27.5 Å². The van der Waals surface area contributed by atoms with E-state index >= 15 is 0 Å². The minimum absolute atomic E-state index is 0.137. The van der Waals surface area contributed by atoms with Crippen molar-refractivity contribution in [1.29, 1.82) is 5.41 Å². The fourth-order valence-electron chi connectivity index (χ4n) is 2.52. The Labute approximate surface area is 123 Å². The summed E-state index contributed by atoms with van der Waals surface area (Å²) in [5, 5.41) is 7.70. The molecule has 0 bridgehead atoms. The molecule has 1 heterocycles. The summed E-state index contributed by atoms with van der Waals surface area (Å²) in [6, 6.07) is 5.92. The molecule has 1 aromatic rings. The van der Waals surface area contributed by atoms with Gasteiger partial charge in [0.05, 0.1) is 0 Å². The van der Waals surface area contributed by atoms with Gasteiger partial charge in [0.15, 0.2) is 0 Å². The number of piperazine rings is 1. The van der Waals surface area contributed by atoms with Crippen molar-refractivity contribution in [2.45, 2.75) is 13.3 Å². The van der Waals surface area contributed by atoms with Crippen LogP contribution in [0.5, 0.6) is 0 Å². The fourth-order valence-corrected chi connectivity index (χ4v) is 2.87. The standard InChI is InChI=1S/C14H21BrN4/c1-2-5-18-6-8-19(9-7-18)13-10-11(15)3-4-12(13)14(16)17/h3-4,10H,2,5-9H2,1H3,(H3,16,17). The molecule has 0 unspecified atom stereocenters. The van der Waals surface area contributed by atoms with Gasteiger partial charge >= 0.3 is 0 Å². The molecule has 1 aromatic carbocycles. The number of nitrogens with one attached hydrogen (secondary N) is 1. The predicted octanol–water partition coefficient (Wildman–Crippen LogP) is 2.27. The first kappa shape index (κ1) is 14.3. The lowest BCUT2D eigenvalue weighted by atomic mass is 10.1. The van der Waals surface area contributed by atoms with E-state index in [1.165, 1.54) is 13.0 Å². The van der Waals surface area contributed by atoms with E-state index in [-0.39, 0.29) is 5.84 Å². The Morgan fingerprint density at radius 1 is 1.32 bits per heavy atom. The molecule has 2 rings (SSSR count). The number of anilines is 1. The number of nitrogens with two attached hydrogens (primary N) is 1. The zero-order valence-electron chi connectivity index (χ0n) is 11.3. The summed E-state index contributed by atoms with van der Waals surface area (Å²) in [4.78, 5) is 4.82. The summed E-state index contributed by atoms with van der Waals surface area (Å²) in [6.07, 6.45) is 1.20. The van der Waals surface area contributed by atoms with Gasteiger partial charge in [-0.15, -0.1) is 0 Å². The summed E-state index contributed by atoms with van der Waals surface area (Å²) < 4.78 is 1.03. The van der Waals surface area contributed by atoms with E-state index in [1.54, 1.807) is 0 Å². The molecule has 5 heteroatoms. The van der Waals surface area contributed by atoms with Crippen molar-refractivity contribution < 1.29 is 0 Å². The molecule has 0 spiro atoms. The lowest BCUT2D eigenvalue weighted by Gasteiger charge is -2.36. The molecule has 19 heavy (non-hydrogen) atoms. The maximum Gasteiger partial charge on any atom is 0.124 e. The van der Waals surface area contributed by atoms with E-state index in [0.717, 1.165) is 41.9 Å². The molecular formula is C14H21BrN4. The topological polar surface area (TPSA) is 56.4 Å². The lowest BCUT2D eigenvalue weighted by Crippen LogP contribution is -2.47. The van der Waals surface area contributed by atoms with E-state index in [9.17, 15) is 0 Å². The average molecular weight is 325 g/mol. The van der Waals surface area contributed by atoms with E-state index in [2.05, 4.69) is 38.7 Å². The highest BCUT2D eigenvalue weighted by Gasteiger charge is 2.19. The van der Waals surface area contributed by atoms with Crippen LogP contribution in [0.25, 0.3) is 0 Å². The third-order valence-corrected chi connectivity index (χ3v) is 4.00. The number of amidine groups is 1. The fraction of sp³-hybridized carbons (Fsp3) is 0.500. The van der Waals surface area contributed by atoms with Gasteiger partial charge in [-0.25, -0.2) is 0 Å². The number of nitrogens with zero attached hydrogens (tertiary/aromatic N) is 2. The molecule has 0 radical (unpaired) electrons. The molecular weight excluding hydrogens is 304 g/mol. The molecule has 0 aliphatic carbocycles. The van der Waals surface area contributed by atoms with Gasteiger partial charge < -0.3 is 10.6 Å². The number of benzene rings is 1. The number of hydrogen-bond acceptors (Lipinski definition) is 3. The first-order chi connectivity index (χ1) is 9.11. The third kappa shape index (κ3) is 3.48. The molecule has 0 saturated carbocycles. The second-order valence-electron chi connectivity index (χ2n) is 4.90. The first-order valence-corrected chi connectivity index (χ1v) is 7.52. The van der Waals surface area contributed by atoms with Crippen molar-refractivity contribution in [1.82, 2.24) is 4.90 Å². The van der Waals surface area contributed by atoms with E-state index < -0.39 is 0 Å². The number of nitrogen functional groups attached to an aromatic ring is 1. The molecule has 0 amide bonds. The highest BCUT2D eigenvalue weighted by atomic mass is 79.9. The number of halogens is 1. The summed E-state index contributed by atoms with van der Waals surface area (Å²) in [5.74, 6) is 0.137. The molecule has 1 aliphatic rings. The van der Waals surface area contributed by atoms with E-state index in [0.29, 0.717) is 0 Å². The molecule has 3 N–H and O–H groups in total. The van der Waals surface area contributed by atoms with Crippen molar-refractivity contribution in [2.24, 2.45) is 5.73 Å². The van der Waals surface area contributed by atoms with Gasteiger partial charge in [-0.3, -0.25) is 10.3 Å². The van der Waals surface area contributed by atoms with Crippen LogP contribution in [0, 0.1) is 5.41 Å². The van der Waals surface area contributed by atoms with Gasteiger partial charge in [-0.05, 0) is 31.2 Å². The zero-order chi connectivity index (χ0) is 13.8. The summed E-state index contributed by atoms with van der Waals surface area (Å²) >= 11 is 3.50. The molecule has 1 saturated heterocycles. The van der Waals surface area contributed by atoms with Gasteiger partial charge in [0.25, 0.3) is 0 Å². The Morgan fingerprint density at radius 2 is 2.00 bits per heavy atom. The van der Waals surface area contributed by atoms with Gasteiger partial charge in [-0.1, -0.05) is 22.9 Å². The first-order valence-electron chi connectivity index (χ1n) is 6.73. The highest BCUT2D eigenvalue weighted by molar-refractivity contribution is 9.10. The quantitative estimate of drug-likeness (QED) is 0.659. The van der Waals surface area contributed by atoms with Crippen LogP contribution in [-0.2, 0) is 0 Å². The minimum atomic E-state index is 0.137. The molecule has 104 valence electrons. The lowest BCUT2D eigenvalue weighted by molar-refractivity contribution is 0.258.